The fraction of sp³-hybridized carbons (Fsp3) is 0.462. The Kier molecular flexibility index (Phi) is 4.75. The van der Waals surface area contributed by atoms with Crippen molar-refractivity contribution in [2.24, 2.45) is 0 Å². The van der Waals surface area contributed by atoms with E-state index in [-0.39, 0.29) is 0 Å². The number of nitrogens with zero attached hydrogens (tertiary/aromatic N) is 3. The lowest BCUT2D eigenvalue weighted by molar-refractivity contribution is 0.307. The minimum Gasteiger partial charge on any atom is -0.476 e. The molecule has 2 heterocycles. The van der Waals surface area contributed by atoms with Crippen LogP contribution in [-0.2, 0) is 6.42 Å². The molecular formula is C13H19N5O2. The van der Waals surface area contributed by atoms with Gasteiger partial charge < -0.3 is 20.3 Å². The third-order valence-corrected chi connectivity index (χ3v) is 2.56. The number of nitrogens with one attached hydrogen (secondary N) is 1. The minimum absolute atomic E-state index is 0.465. The number of hydrogen-bond acceptors (Lipinski definition) is 7. The zero-order valence-corrected chi connectivity index (χ0v) is 11.7. The van der Waals surface area contributed by atoms with E-state index in [4.69, 9.17) is 15.0 Å². The molecule has 0 atom stereocenters. The van der Waals surface area contributed by atoms with E-state index in [0.29, 0.717) is 48.7 Å². The van der Waals surface area contributed by atoms with Crippen LogP contribution in [0.15, 0.2) is 16.7 Å². The summed E-state index contributed by atoms with van der Waals surface area (Å²) in [5.41, 5.74) is 6.34. The van der Waals surface area contributed by atoms with Crippen LogP contribution in [-0.4, -0.2) is 28.3 Å². The van der Waals surface area contributed by atoms with Gasteiger partial charge in [-0.2, -0.15) is 9.97 Å². The number of rotatable bonds is 7. The van der Waals surface area contributed by atoms with E-state index >= 15 is 0 Å². The van der Waals surface area contributed by atoms with Crippen LogP contribution < -0.4 is 15.8 Å². The summed E-state index contributed by atoms with van der Waals surface area (Å²) in [6, 6.07) is 3.59. The van der Waals surface area contributed by atoms with Gasteiger partial charge in [-0.3, -0.25) is 0 Å². The van der Waals surface area contributed by atoms with Crippen LogP contribution in [0.25, 0.3) is 0 Å². The van der Waals surface area contributed by atoms with Gasteiger partial charge in [-0.25, -0.2) is 0 Å². The summed E-state index contributed by atoms with van der Waals surface area (Å²) in [6.07, 6.45) is 1.57. The molecule has 0 aromatic carbocycles. The van der Waals surface area contributed by atoms with Gasteiger partial charge in [-0.05, 0) is 18.6 Å². The molecule has 7 nitrogen and oxygen atoms in total. The van der Waals surface area contributed by atoms with Crippen molar-refractivity contribution in [3.05, 3.63) is 23.8 Å². The number of ether oxygens (including phenoxy) is 1. The molecule has 0 bridgehead atoms. The van der Waals surface area contributed by atoms with E-state index in [1.54, 1.807) is 13.0 Å². The van der Waals surface area contributed by atoms with E-state index in [1.807, 2.05) is 13.0 Å². The molecule has 0 radical (unpaired) electrons. The maximum absolute atomic E-state index is 5.81. The van der Waals surface area contributed by atoms with E-state index in [2.05, 4.69) is 20.4 Å². The molecule has 20 heavy (non-hydrogen) atoms. The number of anilines is 2. The fourth-order valence-electron chi connectivity index (χ4n) is 1.61. The van der Waals surface area contributed by atoms with Gasteiger partial charge >= 0.3 is 0 Å². The largest absolute Gasteiger partial charge is 0.476 e. The SMILES string of the molecule is CCCOc1nc(NCCc2noc(C)n2)ccc1N. The molecule has 108 valence electrons. The zero-order valence-electron chi connectivity index (χ0n) is 11.7. The third kappa shape index (κ3) is 3.84. The first-order valence-electron chi connectivity index (χ1n) is 6.61. The molecule has 3 N–H and O–H groups in total. The lowest BCUT2D eigenvalue weighted by Gasteiger charge is -2.09. The van der Waals surface area contributed by atoms with E-state index < -0.39 is 0 Å². The van der Waals surface area contributed by atoms with E-state index in [9.17, 15) is 0 Å². The van der Waals surface area contributed by atoms with Crippen LogP contribution in [0, 0.1) is 6.92 Å². The number of aryl methyl sites for hydroxylation is 1. The van der Waals surface area contributed by atoms with Crippen LogP contribution in [0.3, 0.4) is 0 Å². The standard InChI is InChI=1S/C13H19N5O2/c1-3-8-19-13-10(14)4-5-11(17-13)15-7-6-12-16-9(2)20-18-12/h4-5H,3,6-8,14H2,1-2H3,(H,15,17). The molecule has 7 heteroatoms. The highest BCUT2D eigenvalue weighted by Gasteiger charge is 2.05. The second-order valence-electron chi connectivity index (χ2n) is 4.35. The molecule has 2 aromatic heterocycles. The summed E-state index contributed by atoms with van der Waals surface area (Å²) in [5, 5.41) is 7.01. The fourth-order valence-corrected chi connectivity index (χ4v) is 1.61. The molecule has 0 unspecified atom stereocenters. The molecule has 0 spiro atoms. The maximum Gasteiger partial charge on any atom is 0.239 e. The third-order valence-electron chi connectivity index (χ3n) is 2.56. The predicted octanol–water partition coefficient (Wildman–Crippen LogP) is 1.80. The van der Waals surface area contributed by atoms with Crippen molar-refractivity contribution in [3.8, 4) is 5.88 Å². The lowest BCUT2D eigenvalue weighted by atomic mass is 10.3. The Balaban J connectivity index is 1.89. The normalized spacial score (nSPS) is 10.5. The molecular weight excluding hydrogens is 258 g/mol. The molecule has 0 aliphatic heterocycles. The summed E-state index contributed by atoms with van der Waals surface area (Å²) < 4.78 is 10.4. The molecule has 2 aromatic rings. The average molecular weight is 277 g/mol. The first kappa shape index (κ1) is 14.1. The smallest absolute Gasteiger partial charge is 0.239 e. The van der Waals surface area contributed by atoms with Gasteiger partial charge in [0.15, 0.2) is 5.82 Å². The minimum atomic E-state index is 0.465. The van der Waals surface area contributed by atoms with Crippen LogP contribution >= 0.6 is 0 Å². The second kappa shape index (κ2) is 6.74. The van der Waals surface area contributed by atoms with E-state index in [0.717, 1.165) is 6.42 Å². The second-order valence-corrected chi connectivity index (χ2v) is 4.35. The number of pyridine rings is 1. The van der Waals surface area contributed by atoms with Gasteiger partial charge in [-0.1, -0.05) is 12.1 Å². The van der Waals surface area contributed by atoms with Crippen molar-refractivity contribution in [1.82, 2.24) is 15.1 Å². The molecule has 0 aliphatic carbocycles. The highest BCUT2D eigenvalue weighted by Crippen LogP contribution is 2.20. The molecule has 0 fully saturated rings. The number of hydrogen-bond donors (Lipinski definition) is 2. The van der Waals surface area contributed by atoms with Gasteiger partial charge in [0.25, 0.3) is 0 Å². The van der Waals surface area contributed by atoms with Gasteiger partial charge in [0.05, 0.1) is 12.3 Å². The Bertz CT molecular complexity index is 555. The van der Waals surface area contributed by atoms with Crippen molar-refractivity contribution in [2.75, 3.05) is 24.2 Å². The average Bonchev–Trinajstić information content (AvgIpc) is 2.85. The number of nitrogens with two attached hydrogens (primary N) is 1. The van der Waals surface area contributed by atoms with E-state index in [1.165, 1.54) is 0 Å². The van der Waals surface area contributed by atoms with Gasteiger partial charge in [-0.15, -0.1) is 0 Å². The summed E-state index contributed by atoms with van der Waals surface area (Å²) in [4.78, 5) is 8.45. The number of aromatic nitrogens is 3. The highest BCUT2D eigenvalue weighted by atomic mass is 16.5. The molecule has 0 amide bonds. The Hall–Kier alpha value is -2.31. The first-order valence-corrected chi connectivity index (χ1v) is 6.61. The predicted molar refractivity (Wildman–Crippen MR) is 75.7 cm³/mol. The molecule has 0 saturated carbocycles. The maximum atomic E-state index is 5.81. The van der Waals surface area contributed by atoms with Crippen molar-refractivity contribution in [1.29, 1.82) is 0 Å². The zero-order chi connectivity index (χ0) is 14.4. The number of nitrogen functional groups attached to an aromatic ring is 1. The molecule has 2 rings (SSSR count). The lowest BCUT2D eigenvalue weighted by Crippen LogP contribution is -2.09. The monoisotopic (exact) mass is 277 g/mol. The highest BCUT2D eigenvalue weighted by molar-refractivity contribution is 5.53. The van der Waals surface area contributed by atoms with Crippen LogP contribution in [0.5, 0.6) is 5.88 Å². The summed E-state index contributed by atoms with van der Waals surface area (Å²) in [6.45, 7) is 5.06. The Morgan fingerprint density at radius 2 is 2.20 bits per heavy atom. The quantitative estimate of drug-likeness (QED) is 0.796. The van der Waals surface area contributed by atoms with Crippen LogP contribution in [0.4, 0.5) is 11.5 Å². The van der Waals surface area contributed by atoms with Crippen LogP contribution in [0.2, 0.25) is 0 Å². The van der Waals surface area contributed by atoms with Crippen molar-refractivity contribution in [3.63, 3.8) is 0 Å². The Labute approximate surface area is 117 Å². The summed E-state index contributed by atoms with van der Waals surface area (Å²) >= 11 is 0. The van der Waals surface area contributed by atoms with Gasteiger partial charge in [0, 0.05) is 19.9 Å². The van der Waals surface area contributed by atoms with Crippen molar-refractivity contribution >= 4 is 11.5 Å². The summed E-state index contributed by atoms with van der Waals surface area (Å²) in [7, 11) is 0. The molecule has 0 aliphatic rings. The van der Waals surface area contributed by atoms with Crippen molar-refractivity contribution < 1.29 is 9.26 Å². The molecule has 0 saturated heterocycles. The van der Waals surface area contributed by atoms with Crippen molar-refractivity contribution in [2.45, 2.75) is 26.7 Å². The topological polar surface area (TPSA) is 99.1 Å². The van der Waals surface area contributed by atoms with Crippen LogP contribution in [0.1, 0.15) is 25.1 Å². The van der Waals surface area contributed by atoms with Gasteiger partial charge in [0.1, 0.15) is 5.82 Å². The Morgan fingerprint density at radius 1 is 1.35 bits per heavy atom. The first-order chi connectivity index (χ1) is 9.69. The summed E-state index contributed by atoms with van der Waals surface area (Å²) in [5.74, 6) is 2.42. The Morgan fingerprint density at radius 3 is 2.90 bits per heavy atom. The van der Waals surface area contributed by atoms with Gasteiger partial charge in [0.2, 0.25) is 11.8 Å².